The smallest absolute Gasteiger partial charge is 0.243 e. The number of anilines is 2. The highest BCUT2D eigenvalue weighted by Crippen LogP contribution is 2.21. The molecule has 1 heterocycles. The number of hydrogen-bond acceptors (Lipinski definition) is 5. The molecule has 144 valence electrons. The number of nitrogens with one attached hydrogen (secondary N) is 1. The van der Waals surface area contributed by atoms with Crippen molar-refractivity contribution in [1.29, 1.82) is 0 Å². The highest BCUT2D eigenvalue weighted by atomic mass is 32.2. The Kier molecular flexibility index (Phi) is 6.10. The first kappa shape index (κ1) is 19.3. The summed E-state index contributed by atoms with van der Waals surface area (Å²) in [5, 5.41) is 2.76. The van der Waals surface area contributed by atoms with Crippen LogP contribution in [0.3, 0.4) is 0 Å². The SMILES string of the molecule is Nc1ccccc1CCC(=O)Nc1cccc(S(=O)(=O)N2CCOCC2)c1. The fourth-order valence-corrected chi connectivity index (χ4v) is 4.36. The van der Waals surface area contributed by atoms with Crippen molar-refractivity contribution < 1.29 is 17.9 Å². The Bertz CT molecular complexity index is 909. The summed E-state index contributed by atoms with van der Waals surface area (Å²) in [7, 11) is -3.60. The van der Waals surface area contributed by atoms with Gasteiger partial charge in [-0.15, -0.1) is 0 Å². The molecule has 0 unspecified atom stereocenters. The van der Waals surface area contributed by atoms with E-state index >= 15 is 0 Å². The number of amides is 1. The van der Waals surface area contributed by atoms with Gasteiger partial charge in [-0.1, -0.05) is 24.3 Å². The van der Waals surface area contributed by atoms with Crippen molar-refractivity contribution in [2.24, 2.45) is 0 Å². The van der Waals surface area contributed by atoms with Crippen LogP contribution < -0.4 is 11.1 Å². The van der Waals surface area contributed by atoms with E-state index in [4.69, 9.17) is 10.5 Å². The summed E-state index contributed by atoms with van der Waals surface area (Å²) in [5.74, 6) is -0.195. The molecule has 2 aromatic rings. The Morgan fingerprint density at radius 3 is 2.59 bits per heavy atom. The van der Waals surface area contributed by atoms with Gasteiger partial charge in [0.25, 0.3) is 0 Å². The van der Waals surface area contributed by atoms with Crippen LogP contribution in [0, 0.1) is 0 Å². The number of aryl methyl sites for hydroxylation is 1. The zero-order valence-corrected chi connectivity index (χ0v) is 15.7. The van der Waals surface area contributed by atoms with Crippen molar-refractivity contribution in [3.63, 3.8) is 0 Å². The summed E-state index contributed by atoms with van der Waals surface area (Å²) in [6.07, 6.45) is 0.777. The molecular weight excluding hydrogens is 366 g/mol. The standard InChI is InChI=1S/C19H23N3O4S/c20-18-7-2-1-4-15(18)8-9-19(23)21-16-5-3-6-17(14-16)27(24,25)22-10-12-26-13-11-22/h1-7,14H,8-13,20H2,(H,21,23). The molecule has 3 rings (SSSR count). The topological polar surface area (TPSA) is 102 Å². The minimum atomic E-state index is -3.60. The first-order valence-corrected chi connectivity index (χ1v) is 10.2. The summed E-state index contributed by atoms with van der Waals surface area (Å²) >= 11 is 0. The molecule has 0 aliphatic carbocycles. The molecule has 0 radical (unpaired) electrons. The predicted molar refractivity (Wildman–Crippen MR) is 104 cm³/mol. The average Bonchev–Trinajstić information content (AvgIpc) is 2.68. The molecule has 1 aliphatic rings. The normalized spacial score (nSPS) is 15.4. The number of nitrogens with zero attached hydrogens (tertiary/aromatic N) is 1. The fraction of sp³-hybridized carbons (Fsp3) is 0.316. The summed E-state index contributed by atoms with van der Waals surface area (Å²) in [5.41, 5.74) is 7.91. The Hall–Kier alpha value is -2.42. The molecule has 1 saturated heterocycles. The number of carbonyl (C=O) groups excluding carboxylic acids is 1. The first-order chi connectivity index (χ1) is 13.0. The summed E-state index contributed by atoms with van der Waals surface area (Å²) < 4.78 is 32.0. The second kappa shape index (κ2) is 8.51. The molecule has 0 spiro atoms. The van der Waals surface area contributed by atoms with Crippen LogP contribution in [0.25, 0.3) is 0 Å². The van der Waals surface area contributed by atoms with Gasteiger partial charge in [-0.25, -0.2) is 8.42 Å². The van der Waals surface area contributed by atoms with Crippen LogP contribution in [0.2, 0.25) is 0 Å². The lowest BCUT2D eigenvalue weighted by atomic mass is 10.1. The Labute approximate surface area is 159 Å². The van der Waals surface area contributed by atoms with E-state index in [0.717, 1.165) is 5.56 Å². The number of rotatable bonds is 6. The van der Waals surface area contributed by atoms with Gasteiger partial charge in [-0.05, 0) is 36.2 Å². The lowest BCUT2D eigenvalue weighted by Crippen LogP contribution is -2.40. The van der Waals surface area contributed by atoms with Gasteiger partial charge in [0.2, 0.25) is 15.9 Å². The average molecular weight is 389 g/mol. The van der Waals surface area contributed by atoms with E-state index in [1.54, 1.807) is 18.2 Å². The van der Waals surface area contributed by atoms with Crippen molar-refractivity contribution in [3.8, 4) is 0 Å². The Balaban J connectivity index is 1.65. The third kappa shape index (κ3) is 4.85. The van der Waals surface area contributed by atoms with Gasteiger partial charge in [-0.2, -0.15) is 4.31 Å². The van der Waals surface area contributed by atoms with Gasteiger partial charge >= 0.3 is 0 Å². The van der Waals surface area contributed by atoms with Crippen LogP contribution >= 0.6 is 0 Å². The van der Waals surface area contributed by atoms with Crippen LogP contribution in [0.1, 0.15) is 12.0 Å². The third-order valence-corrected chi connectivity index (χ3v) is 6.30. The Morgan fingerprint density at radius 2 is 1.85 bits per heavy atom. The van der Waals surface area contributed by atoms with Crippen LogP contribution in [-0.2, 0) is 26.0 Å². The van der Waals surface area contributed by atoms with Crippen molar-refractivity contribution in [1.82, 2.24) is 4.31 Å². The second-order valence-electron chi connectivity index (χ2n) is 6.29. The van der Waals surface area contributed by atoms with Crippen LogP contribution in [-0.4, -0.2) is 44.9 Å². The van der Waals surface area contributed by atoms with E-state index < -0.39 is 10.0 Å². The Morgan fingerprint density at radius 1 is 1.11 bits per heavy atom. The molecule has 1 fully saturated rings. The van der Waals surface area contributed by atoms with Crippen molar-refractivity contribution in [2.45, 2.75) is 17.7 Å². The molecule has 0 bridgehead atoms. The molecule has 2 aromatic carbocycles. The van der Waals surface area contributed by atoms with Gasteiger partial charge in [0.05, 0.1) is 18.1 Å². The number of benzene rings is 2. The summed E-state index contributed by atoms with van der Waals surface area (Å²) in [6, 6.07) is 13.7. The maximum atomic E-state index is 12.7. The number of carbonyl (C=O) groups is 1. The minimum absolute atomic E-state index is 0.162. The van der Waals surface area contributed by atoms with E-state index in [0.29, 0.717) is 44.1 Å². The maximum absolute atomic E-state index is 12.7. The van der Waals surface area contributed by atoms with Crippen LogP contribution in [0.15, 0.2) is 53.4 Å². The lowest BCUT2D eigenvalue weighted by molar-refractivity contribution is -0.116. The van der Waals surface area contributed by atoms with Gasteiger partial charge in [0.15, 0.2) is 0 Å². The first-order valence-electron chi connectivity index (χ1n) is 8.78. The number of sulfonamides is 1. The summed E-state index contributed by atoms with van der Waals surface area (Å²) in [6.45, 7) is 1.44. The second-order valence-corrected chi connectivity index (χ2v) is 8.23. The summed E-state index contributed by atoms with van der Waals surface area (Å²) in [4.78, 5) is 12.4. The maximum Gasteiger partial charge on any atom is 0.243 e. The molecule has 0 aromatic heterocycles. The molecule has 1 amide bonds. The van der Waals surface area contributed by atoms with E-state index in [-0.39, 0.29) is 17.2 Å². The zero-order valence-electron chi connectivity index (χ0n) is 14.9. The number of ether oxygens (including phenoxy) is 1. The third-order valence-electron chi connectivity index (χ3n) is 4.40. The molecule has 1 aliphatic heterocycles. The van der Waals surface area contributed by atoms with Crippen molar-refractivity contribution >= 4 is 27.3 Å². The number of nitrogen functional groups attached to an aromatic ring is 1. The molecular formula is C19H23N3O4S. The molecule has 8 heteroatoms. The minimum Gasteiger partial charge on any atom is -0.399 e. The number of para-hydroxylation sites is 1. The van der Waals surface area contributed by atoms with E-state index in [2.05, 4.69) is 5.32 Å². The van der Waals surface area contributed by atoms with E-state index in [9.17, 15) is 13.2 Å². The molecule has 27 heavy (non-hydrogen) atoms. The molecule has 0 saturated carbocycles. The molecule has 7 nitrogen and oxygen atoms in total. The number of morpholine rings is 1. The lowest BCUT2D eigenvalue weighted by Gasteiger charge is -2.26. The zero-order chi connectivity index (χ0) is 19.3. The van der Waals surface area contributed by atoms with Gasteiger partial charge in [0.1, 0.15) is 0 Å². The van der Waals surface area contributed by atoms with Crippen molar-refractivity contribution in [3.05, 3.63) is 54.1 Å². The number of nitrogens with two attached hydrogens (primary N) is 1. The van der Waals surface area contributed by atoms with Crippen LogP contribution in [0.5, 0.6) is 0 Å². The largest absolute Gasteiger partial charge is 0.399 e. The van der Waals surface area contributed by atoms with E-state index in [1.807, 2.05) is 18.2 Å². The quantitative estimate of drug-likeness (QED) is 0.735. The highest BCUT2D eigenvalue weighted by Gasteiger charge is 2.26. The fourth-order valence-electron chi connectivity index (χ4n) is 2.90. The van der Waals surface area contributed by atoms with Gasteiger partial charge < -0.3 is 15.8 Å². The van der Waals surface area contributed by atoms with Gasteiger partial charge in [0, 0.05) is 30.9 Å². The predicted octanol–water partition coefficient (Wildman–Crippen LogP) is 1.86. The van der Waals surface area contributed by atoms with E-state index in [1.165, 1.54) is 16.4 Å². The molecule has 3 N–H and O–H groups in total. The number of hydrogen-bond donors (Lipinski definition) is 2. The van der Waals surface area contributed by atoms with Crippen LogP contribution in [0.4, 0.5) is 11.4 Å². The van der Waals surface area contributed by atoms with Gasteiger partial charge in [-0.3, -0.25) is 4.79 Å². The monoisotopic (exact) mass is 389 g/mol. The van der Waals surface area contributed by atoms with Crippen molar-refractivity contribution in [2.75, 3.05) is 37.4 Å². The molecule has 0 atom stereocenters. The highest BCUT2D eigenvalue weighted by molar-refractivity contribution is 7.89.